The molecule has 2 rings (SSSR count). The standard InChI is InChI=1S/C13H27N3/c1-2-8-15-9-11-16(12-10-15)13-4-3-6-14-7-5-13/h13-14H,2-12H2,1H3. The van der Waals surface area contributed by atoms with E-state index in [4.69, 9.17) is 0 Å². The summed E-state index contributed by atoms with van der Waals surface area (Å²) < 4.78 is 0. The highest BCUT2D eigenvalue weighted by molar-refractivity contribution is 4.80. The first-order valence-electron chi connectivity index (χ1n) is 7.07. The maximum atomic E-state index is 3.51. The summed E-state index contributed by atoms with van der Waals surface area (Å²) in [6.45, 7) is 11.2. The van der Waals surface area contributed by atoms with Gasteiger partial charge in [0, 0.05) is 32.2 Å². The van der Waals surface area contributed by atoms with Crippen LogP contribution in [0.3, 0.4) is 0 Å². The van der Waals surface area contributed by atoms with Gasteiger partial charge in [0.1, 0.15) is 0 Å². The van der Waals surface area contributed by atoms with Gasteiger partial charge in [0.15, 0.2) is 0 Å². The lowest BCUT2D eigenvalue weighted by molar-refractivity contribution is 0.0905. The van der Waals surface area contributed by atoms with E-state index in [0.29, 0.717) is 0 Å². The van der Waals surface area contributed by atoms with Crippen LogP contribution in [0.2, 0.25) is 0 Å². The van der Waals surface area contributed by atoms with Crippen molar-refractivity contribution in [2.45, 2.75) is 38.6 Å². The Bertz CT molecular complexity index is 180. The van der Waals surface area contributed by atoms with E-state index in [1.807, 2.05) is 0 Å². The van der Waals surface area contributed by atoms with Gasteiger partial charge in [-0.1, -0.05) is 6.92 Å². The molecule has 2 fully saturated rings. The van der Waals surface area contributed by atoms with Crippen molar-refractivity contribution in [1.82, 2.24) is 15.1 Å². The molecule has 94 valence electrons. The van der Waals surface area contributed by atoms with Crippen LogP contribution in [0.1, 0.15) is 32.6 Å². The first kappa shape index (κ1) is 12.3. The summed E-state index contributed by atoms with van der Waals surface area (Å²) >= 11 is 0. The lowest BCUT2D eigenvalue weighted by atomic mass is 10.1. The molecular formula is C13H27N3. The Morgan fingerprint density at radius 2 is 1.88 bits per heavy atom. The number of rotatable bonds is 3. The van der Waals surface area contributed by atoms with Crippen molar-refractivity contribution in [2.75, 3.05) is 45.8 Å². The number of hydrogen-bond acceptors (Lipinski definition) is 3. The lowest BCUT2D eigenvalue weighted by Crippen LogP contribution is -2.50. The maximum absolute atomic E-state index is 3.51. The molecule has 3 nitrogen and oxygen atoms in total. The highest BCUT2D eigenvalue weighted by Crippen LogP contribution is 2.15. The molecule has 0 aromatic carbocycles. The van der Waals surface area contributed by atoms with E-state index in [2.05, 4.69) is 22.0 Å². The zero-order valence-electron chi connectivity index (χ0n) is 10.7. The van der Waals surface area contributed by atoms with Crippen molar-refractivity contribution < 1.29 is 0 Å². The van der Waals surface area contributed by atoms with Crippen molar-refractivity contribution in [3.8, 4) is 0 Å². The van der Waals surface area contributed by atoms with E-state index in [1.165, 1.54) is 71.5 Å². The summed E-state index contributed by atoms with van der Waals surface area (Å²) in [7, 11) is 0. The Morgan fingerprint density at radius 3 is 2.62 bits per heavy atom. The molecule has 1 N–H and O–H groups in total. The second kappa shape index (κ2) is 6.58. The van der Waals surface area contributed by atoms with Gasteiger partial charge in [-0.2, -0.15) is 0 Å². The number of nitrogens with one attached hydrogen (secondary N) is 1. The first-order valence-corrected chi connectivity index (χ1v) is 7.07. The molecule has 1 unspecified atom stereocenters. The van der Waals surface area contributed by atoms with Gasteiger partial charge in [-0.05, 0) is 45.3 Å². The molecule has 2 saturated heterocycles. The second-order valence-electron chi connectivity index (χ2n) is 5.21. The normalized spacial score (nSPS) is 30.2. The average molecular weight is 225 g/mol. The summed E-state index contributed by atoms with van der Waals surface area (Å²) in [6, 6.07) is 0.860. The first-order chi connectivity index (χ1) is 7.90. The van der Waals surface area contributed by atoms with Gasteiger partial charge in [0.05, 0.1) is 0 Å². The lowest BCUT2D eigenvalue weighted by Gasteiger charge is -2.39. The molecule has 2 aliphatic rings. The molecule has 16 heavy (non-hydrogen) atoms. The maximum Gasteiger partial charge on any atom is 0.0113 e. The van der Waals surface area contributed by atoms with Crippen LogP contribution in [0.25, 0.3) is 0 Å². The predicted octanol–water partition coefficient (Wildman–Crippen LogP) is 1.16. The molecule has 0 aliphatic carbocycles. The van der Waals surface area contributed by atoms with Crippen LogP contribution in [0.15, 0.2) is 0 Å². The fraction of sp³-hybridized carbons (Fsp3) is 1.00. The molecule has 3 heteroatoms. The largest absolute Gasteiger partial charge is 0.317 e. The highest BCUT2D eigenvalue weighted by Gasteiger charge is 2.23. The van der Waals surface area contributed by atoms with Gasteiger partial charge in [-0.3, -0.25) is 4.90 Å². The third kappa shape index (κ3) is 3.44. The molecule has 0 aromatic rings. The van der Waals surface area contributed by atoms with Gasteiger partial charge in [-0.15, -0.1) is 0 Å². The average Bonchev–Trinajstić information content (AvgIpc) is 2.59. The SMILES string of the molecule is CCCN1CCN(C2CCCNCC2)CC1. The number of piperazine rings is 1. The molecule has 0 bridgehead atoms. The van der Waals surface area contributed by atoms with Crippen LogP contribution in [0, 0.1) is 0 Å². The molecule has 0 radical (unpaired) electrons. The number of nitrogens with zero attached hydrogens (tertiary/aromatic N) is 2. The van der Waals surface area contributed by atoms with E-state index < -0.39 is 0 Å². The Morgan fingerprint density at radius 1 is 1.06 bits per heavy atom. The minimum Gasteiger partial charge on any atom is -0.317 e. The van der Waals surface area contributed by atoms with Crippen LogP contribution in [0.5, 0.6) is 0 Å². The zero-order chi connectivity index (χ0) is 11.2. The number of hydrogen-bond donors (Lipinski definition) is 1. The minimum atomic E-state index is 0.860. The van der Waals surface area contributed by atoms with Gasteiger partial charge < -0.3 is 10.2 Å². The Kier molecular flexibility index (Phi) is 5.07. The smallest absolute Gasteiger partial charge is 0.0113 e. The van der Waals surface area contributed by atoms with Gasteiger partial charge in [0.2, 0.25) is 0 Å². The van der Waals surface area contributed by atoms with Crippen LogP contribution in [0.4, 0.5) is 0 Å². The third-order valence-corrected chi connectivity index (χ3v) is 4.01. The summed E-state index contributed by atoms with van der Waals surface area (Å²) in [5.74, 6) is 0. The zero-order valence-corrected chi connectivity index (χ0v) is 10.7. The molecule has 0 saturated carbocycles. The Balaban J connectivity index is 1.74. The van der Waals surface area contributed by atoms with E-state index in [-0.39, 0.29) is 0 Å². The van der Waals surface area contributed by atoms with Crippen molar-refractivity contribution in [2.24, 2.45) is 0 Å². The molecule has 1 atom stereocenters. The Labute approximate surface area is 100 Å². The quantitative estimate of drug-likeness (QED) is 0.777. The molecule has 0 spiro atoms. The van der Waals surface area contributed by atoms with E-state index >= 15 is 0 Å². The molecule has 2 heterocycles. The van der Waals surface area contributed by atoms with Crippen molar-refractivity contribution in [1.29, 1.82) is 0 Å². The van der Waals surface area contributed by atoms with Crippen molar-refractivity contribution >= 4 is 0 Å². The fourth-order valence-corrected chi connectivity index (χ4v) is 3.03. The molecular weight excluding hydrogens is 198 g/mol. The van der Waals surface area contributed by atoms with E-state index in [0.717, 1.165) is 6.04 Å². The summed E-state index contributed by atoms with van der Waals surface area (Å²) in [5, 5.41) is 3.51. The summed E-state index contributed by atoms with van der Waals surface area (Å²) in [5.41, 5.74) is 0. The van der Waals surface area contributed by atoms with Gasteiger partial charge >= 0.3 is 0 Å². The fourth-order valence-electron chi connectivity index (χ4n) is 3.03. The second-order valence-corrected chi connectivity index (χ2v) is 5.21. The highest BCUT2D eigenvalue weighted by atomic mass is 15.3. The predicted molar refractivity (Wildman–Crippen MR) is 68.8 cm³/mol. The molecule has 0 aromatic heterocycles. The van der Waals surface area contributed by atoms with Crippen LogP contribution >= 0.6 is 0 Å². The molecule has 0 amide bonds. The van der Waals surface area contributed by atoms with Crippen molar-refractivity contribution in [3.63, 3.8) is 0 Å². The summed E-state index contributed by atoms with van der Waals surface area (Å²) in [4.78, 5) is 5.35. The van der Waals surface area contributed by atoms with Crippen LogP contribution in [-0.4, -0.2) is 61.7 Å². The third-order valence-electron chi connectivity index (χ3n) is 4.01. The minimum absolute atomic E-state index is 0.860. The van der Waals surface area contributed by atoms with Gasteiger partial charge in [0.25, 0.3) is 0 Å². The van der Waals surface area contributed by atoms with E-state index in [9.17, 15) is 0 Å². The Hall–Kier alpha value is -0.120. The summed E-state index contributed by atoms with van der Waals surface area (Å²) in [6.07, 6.45) is 5.42. The van der Waals surface area contributed by atoms with Crippen molar-refractivity contribution in [3.05, 3.63) is 0 Å². The van der Waals surface area contributed by atoms with Gasteiger partial charge in [-0.25, -0.2) is 0 Å². The topological polar surface area (TPSA) is 18.5 Å². The molecule has 2 aliphatic heterocycles. The monoisotopic (exact) mass is 225 g/mol. The van der Waals surface area contributed by atoms with Crippen LogP contribution in [-0.2, 0) is 0 Å². The van der Waals surface area contributed by atoms with E-state index in [1.54, 1.807) is 0 Å². The van der Waals surface area contributed by atoms with Crippen LogP contribution < -0.4 is 5.32 Å².